The molecule has 23 heavy (non-hydrogen) atoms. The summed E-state index contributed by atoms with van der Waals surface area (Å²) >= 11 is 1.38. The average Bonchev–Trinajstić information content (AvgIpc) is 2.90. The minimum absolute atomic E-state index is 0.0562. The Morgan fingerprint density at radius 3 is 2.87 bits per heavy atom. The monoisotopic (exact) mass is 332 g/mol. The topological polar surface area (TPSA) is 70.7 Å². The lowest BCUT2D eigenvalue weighted by Gasteiger charge is -2.09. The molecule has 0 radical (unpaired) electrons. The van der Waals surface area contributed by atoms with Crippen molar-refractivity contribution in [1.82, 2.24) is 20.5 Å². The van der Waals surface area contributed by atoms with Gasteiger partial charge in [0.2, 0.25) is 11.1 Å². The van der Waals surface area contributed by atoms with Crippen LogP contribution >= 0.6 is 11.8 Å². The van der Waals surface area contributed by atoms with Crippen molar-refractivity contribution in [3.05, 3.63) is 41.5 Å². The second-order valence-corrected chi connectivity index (χ2v) is 6.45. The summed E-state index contributed by atoms with van der Waals surface area (Å²) in [7, 11) is 0. The van der Waals surface area contributed by atoms with Crippen LogP contribution in [0.4, 0.5) is 4.39 Å². The number of nitrogens with one attached hydrogen (secondary N) is 2. The maximum atomic E-state index is 12.8. The van der Waals surface area contributed by atoms with E-state index in [0.717, 1.165) is 31.4 Å². The van der Waals surface area contributed by atoms with Crippen molar-refractivity contribution in [2.75, 3.05) is 6.54 Å². The molecule has 5 nitrogen and oxygen atoms in total. The third kappa shape index (κ3) is 4.41. The van der Waals surface area contributed by atoms with Gasteiger partial charge >= 0.3 is 0 Å². The summed E-state index contributed by atoms with van der Waals surface area (Å²) in [6.07, 6.45) is 6.48. The summed E-state index contributed by atoms with van der Waals surface area (Å²) in [4.78, 5) is 16.3. The Labute approximate surface area is 137 Å². The third-order valence-electron chi connectivity index (χ3n) is 3.52. The first-order chi connectivity index (χ1) is 11.2. The third-order valence-corrected chi connectivity index (χ3v) is 4.65. The molecule has 120 valence electrons. The molecule has 2 aromatic rings. The fraction of sp³-hybridized carbons (Fsp3) is 0.312. The van der Waals surface area contributed by atoms with E-state index >= 15 is 0 Å². The van der Waals surface area contributed by atoms with Crippen LogP contribution in [0.25, 0.3) is 12.2 Å². The van der Waals surface area contributed by atoms with E-state index in [1.165, 1.54) is 23.9 Å². The Hall–Kier alpha value is -2.15. The van der Waals surface area contributed by atoms with Gasteiger partial charge in [-0.05, 0) is 36.6 Å². The van der Waals surface area contributed by atoms with Gasteiger partial charge in [-0.2, -0.15) is 0 Å². The Morgan fingerprint density at radius 2 is 2.04 bits per heavy atom. The normalized spacial score (nSPS) is 18.8. The van der Waals surface area contributed by atoms with E-state index in [0.29, 0.717) is 11.0 Å². The maximum Gasteiger partial charge on any atom is 0.233 e. The second-order valence-electron chi connectivity index (χ2n) is 5.28. The molecule has 1 aromatic heterocycles. The quantitative estimate of drug-likeness (QED) is 0.903. The SMILES string of the molecule is O=C1NCCCC[C@@H]1Sc1n[nH]c(/C=C/c2ccc(F)cc2)n1. The predicted molar refractivity (Wildman–Crippen MR) is 88.2 cm³/mol. The number of carbonyl (C=O) groups excluding carboxylic acids is 1. The molecule has 3 rings (SSSR count). The number of amides is 1. The Balaban J connectivity index is 1.63. The van der Waals surface area contributed by atoms with E-state index in [2.05, 4.69) is 20.5 Å². The molecule has 0 saturated carbocycles. The van der Waals surface area contributed by atoms with E-state index in [9.17, 15) is 9.18 Å². The molecule has 1 saturated heterocycles. The lowest BCUT2D eigenvalue weighted by Crippen LogP contribution is -2.30. The van der Waals surface area contributed by atoms with Crippen LogP contribution in [0.3, 0.4) is 0 Å². The van der Waals surface area contributed by atoms with Gasteiger partial charge in [0.15, 0.2) is 0 Å². The number of nitrogens with zero attached hydrogens (tertiary/aromatic N) is 2. The molecule has 0 spiro atoms. The molecule has 1 aromatic carbocycles. The van der Waals surface area contributed by atoms with Crippen LogP contribution in [0.5, 0.6) is 0 Å². The number of aromatic nitrogens is 3. The Bertz CT molecular complexity index is 698. The zero-order chi connectivity index (χ0) is 16.1. The van der Waals surface area contributed by atoms with Crippen LogP contribution in [0.2, 0.25) is 0 Å². The molecular weight excluding hydrogens is 315 g/mol. The van der Waals surface area contributed by atoms with Gasteiger partial charge in [-0.25, -0.2) is 9.37 Å². The van der Waals surface area contributed by atoms with Crippen LogP contribution in [0, 0.1) is 5.82 Å². The number of carbonyl (C=O) groups is 1. The predicted octanol–water partition coefficient (Wildman–Crippen LogP) is 2.88. The zero-order valence-electron chi connectivity index (χ0n) is 12.5. The van der Waals surface area contributed by atoms with Gasteiger partial charge in [0.1, 0.15) is 11.6 Å². The van der Waals surface area contributed by atoms with Crippen molar-refractivity contribution in [1.29, 1.82) is 0 Å². The number of hydrogen-bond acceptors (Lipinski definition) is 4. The highest BCUT2D eigenvalue weighted by Crippen LogP contribution is 2.25. The van der Waals surface area contributed by atoms with Gasteiger partial charge in [0.05, 0.1) is 5.25 Å². The van der Waals surface area contributed by atoms with Gasteiger partial charge in [0, 0.05) is 6.54 Å². The van der Waals surface area contributed by atoms with E-state index in [4.69, 9.17) is 0 Å². The van der Waals surface area contributed by atoms with Gasteiger partial charge in [-0.1, -0.05) is 36.4 Å². The largest absolute Gasteiger partial charge is 0.355 e. The number of halogens is 1. The van der Waals surface area contributed by atoms with Crippen molar-refractivity contribution in [2.24, 2.45) is 0 Å². The minimum atomic E-state index is -0.262. The smallest absolute Gasteiger partial charge is 0.233 e. The molecule has 2 N–H and O–H groups in total. The fourth-order valence-corrected chi connectivity index (χ4v) is 3.26. The maximum absolute atomic E-state index is 12.8. The summed E-state index contributed by atoms with van der Waals surface area (Å²) in [5, 5.41) is 10.3. The van der Waals surface area contributed by atoms with Crippen LogP contribution in [-0.2, 0) is 4.79 Å². The summed E-state index contributed by atoms with van der Waals surface area (Å²) in [5.74, 6) is 0.397. The van der Waals surface area contributed by atoms with Crippen LogP contribution < -0.4 is 5.32 Å². The molecule has 0 bridgehead atoms. The standard InChI is InChI=1S/C16H17FN4OS/c17-12-7-4-11(5-8-12)6-9-14-19-16(21-20-14)23-13-3-1-2-10-18-15(13)22/h4-9,13H,1-3,10H2,(H,18,22)(H,19,20,21)/b9-6+/t13-/m0/s1. The van der Waals surface area contributed by atoms with Gasteiger partial charge in [0.25, 0.3) is 0 Å². The Morgan fingerprint density at radius 1 is 1.22 bits per heavy atom. The van der Waals surface area contributed by atoms with Crippen LogP contribution in [0.1, 0.15) is 30.7 Å². The number of thioether (sulfide) groups is 1. The summed E-state index contributed by atoms with van der Waals surface area (Å²) < 4.78 is 12.8. The Kier molecular flexibility index (Phi) is 5.07. The van der Waals surface area contributed by atoms with Crippen molar-refractivity contribution >= 4 is 29.8 Å². The molecule has 1 fully saturated rings. The number of aromatic amines is 1. The van der Waals surface area contributed by atoms with E-state index in [1.54, 1.807) is 18.2 Å². The molecule has 7 heteroatoms. The highest BCUT2D eigenvalue weighted by Gasteiger charge is 2.23. The van der Waals surface area contributed by atoms with Gasteiger partial charge < -0.3 is 5.32 Å². The molecule has 1 aliphatic heterocycles. The average molecular weight is 332 g/mol. The van der Waals surface area contributed by atoms with Gasteiger partial charge in [-0.3, -0.25) is 9.89 Å². The van der Waals surface area contributed by atoms with Crippen molar-refractivity contribution in [3.8, 4) is 0 Å². The van der Waals surface area contributed by atoms with E-state index < -0.39 is 0 Å². The molecule has 2 heterocycles. The lowest BCUT2D eigenvalue weighted by molar-refractivity contribution is -0.120. The molecular formula is C16H17FN4OS. The first-order valence-corrected chi connectivity index (χ1v) is 8.39. The minimum Gasteiger partial charge on any atom is -0.355 e. The first-order valence-electron chi connectivity index (χ1n) is 7.51. The van der Waals surface area contributed by atoms with Crippen LogP contribution in [-0.4, -0.2) is 32.9 Å². The molecule has 1 atom stereocenters. The number of H-pyrrole nitrogens is 1. The number of benzene rings is 1. The van der Waals surface area contributed by atoms with E-state index in [1.807, 2.05) is 6.08 Å². The highest BCUT2D eigenvalue weighted by molar-refractivity contribution is 8.00. The summed E-state index contributed by atoms with van der Waals surface area (Å²) in [5.41, 5.74) is 0.875. The fourth-order valence-electron chi connectivity index (χ4n) is 2.29. The lowest BCUT2D eigenvalue weighted by atomic mass is 10.2. The molecule has 0 aliphatic carbocycles. The molecule has 1 amide bonds. The number of rotatable bonds is 4. The van der Waals surface area contributed by atoms with E-state index in [-0.39, 0.29) is 17.0 Å². The molecule has 0 unspecified atom stereocenters. The van der Waals surface area contributed by atoms with Crippen molar-refractivity contribution < 1.29 is 9.18 Å². The highest BCUT2D eigenvalue weighted by atomic mass is 32.2. The molecule has 1 aliphatic rings. The number of hydrogen-bond donors (Lipinski definition) is 2. The summed E-state index contributed by atoms with van der Waals surface area (Å²) in [6.45, 7) is 0.746. The zero-order valence-corrected chi connectivity index (χ0v) is 13.3. The second kappa shape index (κ2) is 7.41. The first kappa shape index (κ1) is 15.7. The van der Waals surface area contributed by atoms with Crippen molar-refractivity contribution in [2.45, 2.75) is 29.7 Å². The van der Waals surface area contributed by atoms with Crippen molar-refractivity contribution in [3.63, 3.8) is 0 Å². The van der Waals surface area contributed by atoms with Crippen LogP contribution in [0.15, 0.2) is 29.4 Å². The van der Waals surface area contributed by atoms with Gasteiger partial charge in [-0.15, -0.1) is 5.10 Å². The summed E-state index contributed by atoms with van der Waals surface area (Å²) in [6, 6.07) is 6.19.